The molecule has 0 aliphatic heterocycles. The minimum Gasteiger partial charge on any atom is -0.480 e. The van der Waals surface area contributed by atoms with Crippen molar-refractivity contribution in [2.45, 2.75) is 39.7 Å². The summed E-state index contributed by atoms with van der Waals surface area (Å²) in [5.74, 6) is -0.662. The Kier molecular flexibility index (Phi) is 5.11. The first-order chi connectivity index (χ1) is 6.79. The summed E-state index contributed by atoms with van der Waals surface area (Å²) in [5.41, 5.74) is -1.24. The molecule has 5 heteroatoms. The zero-order chi connectivity index (χ0) is 12.1. The Balaban J connectivity index is 3.99. The molecule has 1 unspecified atom stereocenters. The highest BCUT2D eigenvalue weighted by Crippen LogP contribution is 2.01. The first-order valence-corrected chi connectivity index (χ1v) is 5.09. The molecule has 0 saturated heterocycles. The average Bonchev–Trinajstić information content (AvgIpc) is 2.13. The molecule has 0 rings (SSSR count). The molecule has 0 fully saturated rings. The van der Waals surface area contributed by atoms with Gasteiger partial charge in [-0.25, -0.2) is 9.59 Å². The van der Waals surface area contributed by atoms with Gasteiger partial charge < -0.3 is 15.7 Å². The van der Waals surface area contributed by atoms with Crippen LogP contribution in [0, 0.1) is 5.92 Å². The number of aliphatic carboxylic acids is 1. The minimum absolute atomic E-state index is 0.392. The second kappa shape index (κ2) is 5.58. The Morgan fingerprint density at radius 1 is 1.40 bits per heavy atom. The van der Waals surface area contributed by atoms with E-state index in [1.54, 1.807) is 0 Å². The quantitative estimate of drug-likeness (QED) is 0.646. The maximum Gasteiger partial charge on any atom is 0.328 e. The van der Waals surface area contributed by atoms with Crippen LogP contribution in [0.3, 0.4) is 0 Å². The largest absolute Gasteiger partial charge is 0.480 e. The molecule has 3 N–H and O–H groups in total. The highest BCUT2D eigenvalue weighted by molar-refractivity contribution is 5.85. The van der Waals surface area contributed by atoms with E-state index in [-0.39, 0.29) is 0 Å². The number of nitrogens with one attached hydrogen (secondary N) is 2. The summed E-state index contributed by atoms with van der Waals surface area (Å²) < 4.78 is 0. The molecule has 2 amide bonds. The van der Waals surface area contributed by atoms with Crippen LogP contribution in [-0.4, -0.2) is 29.2 Å². The van der Waals surface area contributed by atoms with Gasteiger partial charge in [0.05, 0.1) is 0 Å². The van der Waals surface area contributed by atoms with Gasteiger partial charge in [0.15, 0.2) is 0 Å². The number of carboxylic acids is 1. The topological polar surface area (TPSA) is 78.4 Å². The van der Waals surface area contributed by atoms with Crippen molar-refractivity contribution in [3.8, 4) is 0 Å². The van der Waals surface area contributed by atoms with Crippen LogP contribution in [0.15, 0.2) is 0 Å². The Hall–Kier alpha value is -1.26. The summed E-state index contributed by atoms with van der Waals surface area (Å²) in [7, 11) is 0. The summed E-state index contributed by atoms with van der Waals surface area (Å²) in [6, 6.07) is -0.442. The fourth-order valence-electron chi connectivity index (χ4n) is 0.793. The molecule has 0 aromatic carbocycles. The highest BCUT2D eigenvalue weighted by Gasteiger charge is 2.28. The molecule has 88 valence electrons. The first kappa shape index (κ1) is 13.7. The Morgan fingerprint density at radius 3 is 2.33 bits per heavy atom. The summed E-state index contributed by atoms with van der Waals surface area (Å²) >= 11 is 0. The van der Waals surface area contributed by atoms with Crippen LogP contribution in [-0.2, 0) is 4.79 Å². The fraction of sp³-hybridized carbons (Fsp3) is 0.800. The maximum atomic E-state index is 11.3. The van der Waals surface area contributed by atoms with Crippen LogP contribution >= 0.6 is 0 Å². The van der Waals surface area contributed by atoms with E-state index in [1.807, 2.05) is 13.8 Å². The number of carboxylic acid groups (broad SMARTS) is 1. The smallest absolute Gasteiger partial charge is 0.328 e. The molecule has 1 atom stereocenters. The summed E-state index contributed by atoms with van der Waals surface area (Å²) in [4.78, 5) is 22.0. The molecule has 0 aliphatic rings. The van der Waals surface area contributed by atoms with Gasteiger partial charge in [0, 0.05) is 6.54 Å². The van der Waals surface area contributed by atoms with Crippen molar-refractivity contribution in [1.29, 1.82) is 0 Å². The third-order valence-electron chi connectivity index (χ3n) is 2.27. The summed E-state index contributed by atoms with van der Waals surface area (Å²) in [5, 5.41) is 13.8. The number of urea groups is 1. The molecule has 0 spiro atoms. The van der Waals surface area contributed by atoms with Gasteiger partial charge in [0.2, 0.25) is 0 Å². The predicted octanol–water partition coefficient (Wildman–Crippen LogP) is 1.19. The van der Waals surface area contributed by atoms with Crippen molar-refractivity contribution < 1.29 is 14.7 Å². The molecular weight excluding hydrogens is 196 g/mol. The number of carbonyl (C=O) groups is 2. The van der Waals surface area contributed by atoms with Gasteiger partial charge in [0.1, 0.15) is 5.54 Å². The molecule has 0 bridgehead atoms. The van der Waals surface area contributed by atoms with Gasteiger partial charge in [0.25, 0.3) is 0 Å². The predicted molar refractivity (Wildman–Crippen MR) is 57.7 cm³/mol. The fourth-order valence-corrected chi connectivity index (χ4v) is 0.793. The molecule has 0 heterocycles. The highest BCUT2D eigenvalue weighted by atomic mass is 16.4. The Labute approximate surface area is 90.2 Å². The third kappa shape index (κ3) is 5.24. The lowest BCUT2D eigenvalue weighted by atomic mass is 10.1. The van der Waals surface area contributed by atoms with Gasteiger partial charge in [-0.1, -0.05) is 20.3 Å². The molecule has 15 heavy (non-hydrogen) atoms. The van der Waals surface area contributed by atoms with Gasteiger partial charge in [-0.3, -0.25) is 0 Å². The van der Waals surface area contributed by atoms with Crippen LogP contribution in [0.5, 0.6) is 0 Å². The lowest BCUT2D eigenvalue weighted by Crippen LogP contribution is -2.53. The van der Waals surface area contributed by atoms with E-state index in [4.69, 9.17) is 5.11 Å². The lowest BCUT2D eigenvalue weighted by molar-refractivity contribution is -0.142. The van der Waals surface area contributed by atoms with Crippen LogP contribution in [0.25, 0.3) is 0 Å². The van der Waals surface area contributed by atoms with Gasteiger partial charge in [-0.15, -0.1) is 0 Å². The summed E-state index contributed by atoms with van der Waals surface area (Å²) in [6.07, 6.45) is 0.975. The van der Waals surface area contributed by atoms with Crippen molar-refractivity contribution in [1.82, 2.24) is 10.6 Å². The number of rotatable bonds is 5. The second-order valence-electron chi connectivity index (χ2n) is 4.28. The van der Waals surface area contributed by atoms with Crippen molar-refractivity contribution >= 4 is 12.0 Å². The van der Waals surface area contributed by atoms with Crippen molar-refractivity contribution in [3.63, 3.8) is 0 Å². The summed E-state index contributed by atoms with van der Waals surface area (Å²) in [6.45, 7) is 7.49. The van der Waals surface area contributed by atoms with Crippen molar-refractivity contribution in [2.24, 2.45) is 5.92 Å². The van der Waals surface area contributed by atoms with Crippen molar-refractivity contribution in [2.75, 3.05) is 6.54 Å². The Morgan fingerprint density at radius 2 is 1.93 bits per heavy atom. The van der Waals surface area contributed by atoms with Gasteiger partial charge in [-0.2, -0.15) is 0 Å². The van der Waals surface area contributed by atoms with Crippen molar-refractivity contribution in [3.05, 3.63) is 0 Å². The van der Waals surface area contributed by atoms with E-state index >= 15 is 0 Å². The molecule has 0 aromatic heterocycles. The molecule has 0 aliphatic carbocycles. The van der Waals surface area contributed by atoms with Crippen LogP contribution < -0.4 is 10.6 Å². The van der Waals surface area contributed by atoms with Crippen LogP contribution in [0.2, 0.25) is 0 Å². The molecular formula is C10H20N2O3. The van der Waals surface area contributed by atoms with Crippen LogP contribution in [0.1, 0.15) is 34.1 Å². The van der Waals surface area contributed by atoms with E-state index < -0.39 is 17.5 Å². The zero-order valence-corrected chi connectivity index (χ0v) is 9.76. The minimum atomic E-state index is -1.24. The standard InChI is InChI=1S/C10H20N2O3/c1-5-7(2)6-11-9(15)12-10(3,4)8(13)14/h7H,5-6H2,1-4H3,(H,13,14)(H2,11,12,15). The van der Waals surface area contributed by atoms with E-state index in [2.05, 4.69) is 10.6 Å². The number of hydrogen-bond donors (Lipinski definition) is 3. The SMILES string of the molecule is CCC(C)CNC(=O)NC(C)(C)C(=O)O. The van der Waals surface area contributed by atoms with E-state index in [0.717, 1.165) is 6.42 Å². The second-order valence-corrected chi connectivity index (χ2v) is 4.28. The van der Waals surface area contributed by atoms with Crippen LogP contribution in [0.4, 0.5) is 4.79 Å². The average molecular weight is 216 g/mol. The van der Waals surface area contributed by atoms with E-state index in [0.29, 0.717) is 12.5 Å². The number of amides is 2. The molecule has 0 saturated carbocycles. The molecule has 0 radical (unpaired) electrons. The first-order valence-electron chi connectivity index (χ1n) is 5.09. The van der Waals surface area contributed by atoms with E-state index in [1.165, 1.54) is 13.8 Å². The zero-order valence-electron chi connectivity index (χ0n) is 9.76. The normalized spacial score (nSPS) is 13.1. The van der Waals surface area contributed by atoms with E-state index in [9.17, 15) is 9.59 Å². The van der Waals surface area contributed by atoms with Gasteiger partial charge >= 0.3 is 12.0 Å². The monoisotopic (exact) mass is 216 g/mol. The number of hydrogen-bond acceptors (Lipinski definition) is 2. The third-order valence-corrected chi connectivity index (χ3v) is 2.27. The number of carbonyl (C=O) groups excluding carboxylic acids is 1. The van der Waals surface area contributed by atoms with Gasteiger partial charge in [-0.05, 0) is 19.8 Å². The Bertz CT molecular complexity index is 239. The molecule has 5 nitrogen and oxygen atoms in total. The maximum absolute atomic E-state index is 11.3. The lowest BCUT2D eigenvalue weighted by Gasteiger charge is -2.21. The molecule has 0 aromatic rings.